The van der Waals surface area contributed by atoms with Gasteiger partial charge < -0.3 is 34.1 Å². The molecule has 0 aromatic heterocycles. The second-order valence-electron chi connectivity index (χ2n) is 10.9. The molecule has 2 unspecified atom stereocenters. The van der Waals surface area contributed by atoms with Gasteiger partial charge in [0.1, 0.15) is 18.5 Å². The fraction of sp³-hybridized carbons (Fsp3) is 0.625. The fourth-order valence-electron chi connectivity index (χ4n) is 5.84. The highest BCUT2D eigenvalue weighted by Crippen LogP contribution is 2.30. The summed E-state index contributed by atoms with van der Waals surface area (Å²) in [6.07, 6.45) is 7.35. The number of aliphatic hydroxyl groups is 1. The molecular formula is C32H48N2O6. The molecule has 1 saturated heterocycles. The number of hydrogen-bond donors (Lipinski definition) is 2. The Kier molecular flexibility index (Phi) is 12.4. The minimum Gasteiger partial charge on any atom is -0.493 e. The van der Waals surface area contributed by atoms with Gasteiger partial charge >= 0.3 is 0 Å². The quantitative estimate of drug-likeness (QED) is 0.323. The minimum absolute atomic E-state index is 0.271. The van der Waals surface area contributed by atoms with E-state index < -0.39 is 6.10 Å². The molecule has 0 bridgehead atoms. The second kappa shape index (κ2) is 16.2. The number of aliphatic hydroxyl groups excluding tert-OH is 1. The number of benzene rings is 2. The molecule has 1 heterocycles. The Hall–Kier alpha value is -2.36. The van der Waals surface area contributed by atoms with Crippen molar-refractivity contribution < 1.29 is 28.8 Å². The lowest BCUT2D eigenvalue weighted by Crippen LogP contribution is -2.47. The number of hydrogen-bond acceptors (Lipinski definition) is 8. The number of methoxy groups -OCH3 is 3. The van der Waals surface area contributed by atoms with Gasteiger partial charge in [0, 0.05) is 38.8 Å². The van der Waals surface area contributed by atoms with Crippen LogP contribution >= 0.6 is 0 Å². The molecule has 2 aromatic rings. The van der Waals surface area contributed by atoms with Crippen LogP contribution in [0.15, 0.2) is 42.5 Å². The van der Waals surface area contributed by atoms with Crippen LogP contribution in [-0.4, -0.2) is 95.1 Å². The summed E-state index contributed by atoms with van der Waals surface area (Å²) >= 11 is 0. The molecule has 222 valence electrons. The monoisotopic (exact) mass is 556 g/mol. The van der Waals surface area contributed by atoms with E-state index in [1.54, 1.807) is 21.3 Å². The molecule has 1 saturated carbocycles. The molecule has 2 aliphatic rings. The first-order valence-electron chi connectivity index (χ1n) is 14.8. The Morgan fingerprint density at radius 3 is 2.42 bits per heavy atom. The molecule has 0 amide bonds. The Labute approximate surface area is 239 Å². The van der Waals surface area contributed by atoms with E-state index in [9.17, 15) is 5.11 Å². The number of ether oxygens (including phenoxy) is 5. The van der Waals surface area contributed by atoms with Gasteiger partial charge in [-0.2, -0.15) is 0 Å². The summed E-state index contributed by atoms with van der Waals surface area (Å²) in [5, 5.41) is 14.1. The highest BCUT2D eigenvalue weighted by atomic mass is 16.5. The largest absolute Gasteiger partial charge is 0.493 e. The van der Waals surface area contributed by atoms with Gasteiger partial charge in [-0.25, -0.2) is 0 Å². The van der Waals surface area contributed by atoms with E-state index >= 15 is 0 Å². The van der Waals surface area contributed by atoms with Gasteiger partial charge in [0.05, 0.1) is 33.5 Å². The molecule has 4 rings (SSSR count). The molecule has 2 aromatic carbocycles. The smallest absolute Gasteiger partial charge is 0.160 e. The maximum absolute atomic E-state index is 10.5. The van der Waals surface area contributed by atoms with Crippen molar-refractivity contribution in [2.24, 2.45) is 0 Å². The first-order valence-corrected chi connectivity index (χ1v) is 14.8. The first-order chi connectivity index (χ1) is 19.6. The predicted molar refractivity (Wildman–Crippen MR) is 157 cm³/mol. The van der Waals surface area contributed by atoms with Crippen molar-refractivity contribution in [1.82, 2.24) is 10.2 Å². The number of rotatable bonds is 16. The first kappa shape index (κ1) is 30.6. The Balaban J connectivity index is 1.16. The van der Waals surface area contributed by atoms with Crippen molar-refractivity contribution in [3.05, 3.63) is 53.6 Å². The third-order valence-electron chi connectivity index (χ3n) is 8.13. The summed E-state index contributed by atoms with van der Waals surface area (Å²) in [7, 11) is 5.04. The van der Waals surface area contributed by atoms with Crippen molar-refractivity contribution in [1.29, 1.82) is 0 Å². The molecular weight excluding hydrogens is 508 g/mol. The standard InChI is InChI=1S/C32H48N2O6/c1-36-18-15-24-8-11-28(12-9-24)40-23-27(35)21-33-26-14-17-34(22-26)29-6-4-5-7-30(29)39-19-16-25-10-13-31(37-2)32(20-25)38-3/h8-13,20,26-27,29-30,33,35H,4-7,14-19,21-23H2,1-3H3/t26?,27?,29-,30-/m0/s1. The average molecular weight is 557 g/mol. The molecule has 8 heteroatoms. The van der Waals surface area contributed by atoms with Crippen molar-refractivity contribution in [3.8, 4) is 17.2 Å². The molecule has 2 fully saturated rings. The van der Waals surface area contributed by atoms with Gasteiger partial charge in [0.2, 0.25) is 0 Å². The molecule has 1 aliphatic carbocycles. The van der Waals surface area contributed by atoms with Crippen LogP contribution in [-0.2, 0) is 22.3 Å². The zero-order chi connectivity index (χ0) is 28.2. The molecule has 0 radical (unpaired) electrons. The van der Waals surface area contributed by atoms with Crippen molar-refractivity contribution in [3.63, 3.8) is 0 Å². The van der Waals surface area contributed by atoms with Crippen LogP contribution in [0.5, 0.6) is 17.2 Å². The Morgan fingerprint density at radius 1 is 0.900 bits per heavy atom. The van der Waals surface area contributed by atoms with Gasteiger partial charge in [-0.1, -0.05) is 31.0 Å². The maximum Gasteiger partial charge on any atom is 0.160 e. The van der Waals surface area contributed by atoms with E-state index in [4.69, 9.17) is 23.7 Å². The highest BCUT2D eigenvalue weighted by Gasteiger charge is 2.35. The summed E-state index contributed by atoms with van der Waals surface area (Å²) in [5.74, 6) is 2.29. The van der Waals surface area contributed by atoms with Crippen molar-refractivity contribution >= 4 is 0 Å². The van der Waals surface area contributed by atoms with E-state index in [2.05, 4.69) is 16.3 Å². The Morgan fingerprint density at radius 2 is 1.65 bits per heavy atom. The van der Waals surface area contributed by atoms with Crippen LogP contribution in [0.4, 0.5) is 0 Å². The third-order valence-corrected chi connectivity index (χ3v) is 8.13. The number of likely N-dealkylation sites (tertiary alicyclic amines) is 1. The molecule has 8 nitrogen and oxygen atoms in total. The van der Waals surface area contributed by atoms with Crippen LogP contribution in [0.2, 0.25) is 0 Å². The highest BCUT2D eigenvalue weighted by molar-refractivity contribution is 5.42. The minimum atomic E-state index is -0.551. The molecule has 0 spiro atoms. The summed E-state index contributed by atoms with van der Waals surface area (Å²) in [5.41, 5.74) is 2.41. The zero-order valence-corrected chi connectivity index (χ0v) is 24.5. The zero-order valence-electron chi connectivity index (χ0n) is 24.5. The number of nitrogens with one attached hydrogen (secondary N) is 1. The number of nitrogens with zero attached hydrogens (tertiary/aromatic N) is 1. The fourth-order valence-corrected chi connectivity index (χ4v) is 5.84. The van der Waals surface area contributed by atoms with Gasteiger partial charge in [-0.15, -0.1) is 0 Å². The molecule has 40 heavy (non-hydrogen) atoms. The van der Waals surface area contributed by atoms with E-state index in [1.807, 2.05) is 36.4 Å². The molecule has 1 aliphatic heterocycles. The summed E-state index contributed by atoms with van der Waals surface area (Å²) in [6.45, 7) is 4.28. The predicted octanol–water partition coefficient (Wildman–Crippen LogP) is 3.87. The lowest BCUT2D eigenvalue weighted by atomic mass is 9.91. The van der Waals surface area contributed by atoms with Crippen LogP contribution in [0.3, 0.4) is 0 Å². The Bertz CT molecular complexity index is 1000. The van der Waals surface area contributed by atoms with Crippen LogP contribution in [0, 0.1) is 0 Å². The van der Waals surface area contributed by atoms with Gasteiger partial charge in [0.15, 0.2) is 11.5 Å². The van der Waals surface area contributed by atoms with Crippen LogP contribution < -0.4 is 19.5 Å². The summed E-state index contributed by atoms with van der Waals surface area (Å²) in [4.78, 5) is 2.60. The summed E-state index contributed by atoms with van der Waals surface area (Å²) < 4.78 is 28.2. The van der Waals surface area contributed by atoms with Crippen LogP contribution in [0.25, 0.3) is 0 Å². The van der Waals surface area contributed by atoms with Crippen molar-refractivity contribution in [2.45, 2.75) is 69.2 Å². The van der Waals surface area contributed by atoms with Gasteiger partial charge in [-0.3, -0.25) is 4.90 Å². The van der Waals surface area contributed by atoms with E-state index in [0.29, 0.717) is 31.8 Å². The lowest BCUT2D eigenvalue weighted by Gasteiger charge is -2.38. The van der Waals surface area contributed by atoms with E-state index in [0.717, 1.165) is 56.0 Å². The average Bonchev–Trinajstić information content (AvgIpc) is 3.47. The third kappa shape index (κ3) is 9.08. The second-order valence-corrected chi connectivity index (χ2v) is 10.9. The molecule has 4 atom stereocenters. The van der Waals surface area contributed by atoms with Gasteiger partial charge in [-0.05, 0) is 67.5 Å². The maximum atomic E-state index is 10.5. The van der Waals surface area contributed by atoms with Crippen molar-refractivity contribution in [2.75, 3.05) is 60.8 Å². The summed E-state index contributed by atoms with van der Waals surface area (Å²) in [6, 6.07) is 14.9. The lowest BCUT2D eigenvalue weighted by molar-refractivity contribution is -0.0296. The molecule has 2 N–H and O–H groups in total. The normalized spacial score (nSPS) is 22.2. The van der Waals surface area contributed by atoms with E-state index in [1.165, 1.54) is 30.4 Å². The van der Waals surface area contributed by atoms with Gasteiger partial charge in [0.25, 0.3) is 0 Å². The SMILES string of the molecule is COCCc1ccc(OCC(O)CNC2CCN([C@H]3CCCC[C@@H]3OCCc3ccc(OC)c(OC)c3)C2)cc1. The topological polar surface area (TPSA) is 81.7 Å². The van der Waals surface area contributed by atoms with Crippen LogP contribution in [0.1, 0.15) is 43.2 Å². The van der Waals surface area contributed by atoms with E-state index in [-0.39, 0.29) is 12.7 Å².